The summed E-state index contributed by atoms with van der Waals surface area (Å²) in [4.78, 5) is 15.6. The normalized spacial score (nSPS) is 17.9. The van der Waals surface area contributed by atoms with Crippen molar-refractivity contribution in [2.75, 3.05) is 0 Å². The molecule has 1 aliphatic rings. The summed E-state index contributed by atoms with van der Waals surface area (Å²) in [5.41, 5.74) is 0.526. The van der Waals surface area contributed by atoms with Gasteiger partial charge in [-0.2, -0.15) is 0 Å². The Morgan fingerprint density at radius 1 is 1.44 bits per heavy atom. The van der Waals surface area contributed by atoms with E-state index in [1.165, 1.54) is 12.8 Å². The SMILES string of the molecule is O=C(O)C(NC1CCCC1)c1ncc(Br)cc1Br. The molecule has 2 N–H and O–H groups in total. The van der Waals surface area contributed by atoms with E-state index in [1.807, 2.05) is 6.07 Å². The monoisotopic (exact) mass is 376 g/mol. The number of rotatable bonds is 4. The zero-order valence-corrected chi connectivity index (χ0v) is 12.9. The number of nitrogens with zero attached hydrogens (tertiary/aromatic N) is 1. The van der Waals surface area contributed by atoms with Crippen LogP contribution in [0.15, 0.2) is 21.2 Å². The van der Waals surface area contributed by atoms with Crippen LogP contribution in [0.1, 0.15) is 37.4 Å². The Kier molecular flexibility index (Phi) is 4.75. The second-order valence-electron chi connectivity index (χ2n) is 4.44. The van der Waals surface area contributed by atoms with Crippen molar-refractivity contribution >= 4 is 37.8 Å². The first-order valence-electron chi connectivity index (χ1n) is 5.87. The lowest BCUT2D eigenvalue weighted by molar-refractivity contribution is -0.140. The van der Waals surface area contributed by atoms with Crippen LogP contribution >= 0.6 is 31.9 Å². The molecule has 0 bridgehead atoms. The Hall–Kier alpha value is -0.460. The smallest absolute Gasteiger partial charge is 0.327 e. The Labute approximate surface area is 122 Å². The maximum atomic E-state index is 11.4. The first-order chi connectivity index (χ1) is 8.58. The van der Waals surface area contributed by atoms with E-state index in [2.05, 4.69) is 42.2 Å². The van der Waals surface area contributed by atoms with Crippen LogP contribution in [0.3, 0.4) is 0 Å². The Bertz CT molecular complexity index is 448. The summed E-state index contributed by atoms with van der Waals surface area (Å²) < 4.78 is 1.53. The summed E-state index contributed by atoms with van der Waals surface area (Å²) in [6.45, 7) is 0. The van der Waals surface area contributed by atoms with Crippen molar-refractivity contribution in [3.05, 3.63) is 26.9 Å². The summed E-state index contributed by atoms with van der Waals surface area (Å²) in [5.74, 6) is -0.891. The van der Waals surface area contributed by atoms with Crippen molar-refractivity contribution in [1.29, 1.82) is 0 Å². The highest BCUT2D eigenvalue weighted by atomic mass is 79.9. The van der Waals surface area contributed by atoms with Gasteiger partial charge in [0.2, 0.25) is 0 Å². The molecule has 0 aliphatic heterocycles. The maximum absolute atomic E-state index is 11.4. The number of pyridine rings is 1. The van der Waals surface area contributed by atoms with Gasteiger partial charge in [0.1, 0.15) is 6.04 Å². The molecule has 1 aromatic heterocycles. The van der Waals surface area contributed by atoms with E-state index in [0.29, 0.717) is 10.2 Å². The molecule has 4 nitrogen and oxygen atoms in total. The molecule has 1 atom stereocenters. The number of nitrogens with one attached hydrogen (secondary N) is 1. The number of hydrogen-bond acceptors (Lipinski definition) is 3. The van der Waals surface area contributed by atoms with Gasteiger partial charge < -0.3 is 5.11 Å². The van der Waals surface area contributed by atoms with Crippen molar-refractivity contribution in [1.82, 2.24) is 10.3 Å². The van der Waals surface area contributed by atoms with Crippen LogP contribution in [0.4, 0.5) is 0 Å². The molecule has 98 valence electrons. The molecule has 1 saturated carbocycles. The minimum atomic E-state index is -0.891. The third-order valence-corrected chi connectivity index (χ3v) is 4.18. The van der Waals surface area contributed by atoms with Crippen molar-refractivity contribution < 1.29 is 9.90 Å². The molecule has 1 aliphatic carbocycles. The van der Waals surface area contributed by atoms with E-state index >= 15 is 0 Å². The molecule has 0 radical (unpaired) electrons. The van der Waals surface area contributed by atoms with Crippen LogP contribution in [0.25, 0.3) is 0 Å². The first kappa shape index (κ1) is 14.0. The molecule has 6 heteroatoms. The number of carbonyl (C=O) groups is 1. The van der Waals surface area contributed by atoms with E-state index in [0.717, 1.165) is 17.3 Å². The van der Waals surface area contributed by atoms with E-state index in [-0.39, 0.29) is 6.04 Å². The fourth-order valence-electron chi connectivity index (χ4n) is 2.23. The molecule has 0 saturated heterocycles. The lowest BCUT2D eigenvalue weighted by Gasteiger charge is -2.20. The van der Waals surface area contributed by atoms with Gasteiger partial charge in [-0.15, -0.1) is 0 Å². The van der Waals surface area contributed by atoms with Crippen molar-refractivity contribution in [2.45, 2.75) is 37.8 Å². The lowest BCUT2D eigenvalue weighted by Crippen LogP contribution is -2.36. The number of aliphatic carboxylic acids is 1. The van der Waals surface area contributed by atoms with Gasteiger partial charge in [-0.05, 0) is 50.8 Å². The predicted molar refractivity (Wildman–Crippen MR) is 75.4 cm³/mol. The fraction of sp³-hybridized carbons (Fsp3) is 0.500. The molecular formula is C12H14Br2N2O2. The molecule has 2 rings (SSSR count). The van der Waals surface area contributed by atoms with Crippen molar-refractivity contribution in [2.24, 2.45) is 0 Å². The van der Waals surface area contributed by atoms with Gasteiger partial charge in [0, 0.05) is 21.2 Å². The van der Waals surface area contributed by atoms with Crippen LogP contribution in [-0.2, 0) is 4.79 Å². The lowest BCUT2D eigenvalue weighted by atomic mass is 10.1. The summed E-state index contributed by atoms with van der Waals surface area (Å²) in [6.07, 6.45) is 6.03. The van der Waals surface area contributed by atoms with E-state index < -0.39 is 12.0 Å². The second-order valence-corrected chi connectivity index (χ2v) is 6.21. The number of carboxylic acid groups (broad SMARTS) is 1. The topological polar surface area (TPSA) is 62.2 Å². The van der Waals surface area contributed by atoms with E-state index in [4.69, 9.17) is 0 Å². The molecule has 18 heavy (non-hydrogen) atoms. The quantitative estimate of drug-likeness (QED) is 0.845. The maximum Gasteiger partial charge on any atom is 0.327 e. The van der Waals surface area contributed by atoms with Crippen LogP contribution in [0, 0.1) is 0 Å². The Morgan fingerprint density at radius 3 is 2.67 bits per heavy atom. The number of carboxylic acids is 1. The van der Waals surface area contributed by atoms with Gasteiger partial charge in [0.15, 0.2) is 0 Å². The highest BCUT2D eigenvalue weighted by Crippen LogP contribution is 2.27. The van der Waals surface area contributed by atoms with Gasteiger partial charge in [-0.1, -0.05) is 12.8 Å². The number of aromatic nitrogens is 1. The first-order valence-corrected chi connectivity index (χ1v) is 7.46. The third-order valence-electron chi connectivity index (χ3n) is 3.11. The largest absolute Gasteiger partial charge is 0.480 e. The van der Waals surface area contributed by atoms with E-state index in [9.17, 15) is 9.90 Å². The highest BCUT2D eigenvalue weighted by molar-refractivity contribution is 9.11. The van der Waals surface area contributed by atoms with Crippen LogP contribution < -0.4 is 5.32 Å². The summed E-state index contributed by atoms with van der Waals surface area (Å²) >= 11 is 6.68. The average Bonchev–Trinajstić information content (AvgIpc) is 2.79. The van der Waals surface area contributed by atoms with Crippen molar-refractivity contribution in [3.8, 4) is 0 Å². The molecule has 0 spiro atoms. The molecule has 0 amide bonds. The van der Waals surface area contributed by atoms with Crippen LogP contribution in [0.2, 0.25) is 0 Å². The average molecular weight is 378 g/mol. The number of halogens is 2. The Morgan fingerprint density at radius 2 is 2.11 bits per heavy atom. The fourth-order valence-corrected chi connectivity index (χ4v) is 3.45. The zero-order chi connectivity index (χ0) is 13.1. The number of hydrogen-bond donors (Lipinski definition) is 2. The van der Waals surface area contributed by atoms with Gasteiger partial charge in [-0.3, -0.25) is 15.1 Å². The molecule has 1 fully saturated rings. The predicted octanol–water partition coefficient (Wildman–Crippen LogP) is 3.26. The standard InChI is InChI=1S/C12H14Br2N2O2/c13-7-5-9(14)10(15-6-7)11(12(17)18)16-8-3-1-2-4-8/h5-6,8,11,16H,1-4H2,(H,17,18). The molecule has 1 unspecified atom stereocenters. The van der Waals surface area contributed by atoms with Crippen LogP contribution in [-0.4, -0.2) is 22.1 Å². The summed E-state index contributed by atoms with van der Waals surface area (Å²) in [5, 5.41) is 12.5. The van der Waals surface area contributed by atoms with Gasteiger partial charge in [0.25, 0.3) is 0 Å². The highest BCUT2D eigenvalue weighted by Gasteiger charge is 2.27. The van der Waals surface area contributed by atoms with Crippen LogP contribution in [0.5, 0.6) is 0 Å². The minimum Gasteiger partial charge on any atom is -0.480 e. The molecule has 1 heterocycles. The molecular weight excluding hydrogens is 364 g/mol. The van der Waals surface area contributed by atoms with Gasteiger partial charge in [-0.25, -0.2) is 0 Å². The summed E-state index contributed by atoms with van der Waals surface area (Å²) in [7, 11) is 0. The minimum absolute atomic E-state index is 0.281. The third kappa shape index (κ3) is 3.30. The van der Waals surface area contributed by atoms with Crippen molar-refractivity contribution in [3.63, 3.8) is 0 Å². The van der Waals surface area contributed by atoms with Gasteiger partial charge in [0.05, 0.1) is 5.69 Å². The summed E-state index contributed by atoms with van der Waals surface area (Å²) in [6, 6.07) is 1.34. The molecule has 0 aromatic carbocycles. The second kappa shape index (κ2) is 6.12. The Balaban J connectivity index is 2.20. The molecule has 1 aromatic rings. The van der Waals surface area contributed by atoms with E-state index in [1.54, 1.807) is 6.20 Å². The zero-order valence-electron chi connectivity index (χ0n) is 9.70. The van der Waals surface area contributed by atoms with Gasteiger partial charge >= 0.3 is 5.97 Å².